The van der Waals surface area contributed by atoms with Crippen molar-refractivity contribution in [2.45, 2.75) is 32.4 Å². The maximum absolute atomic E-state index is 11.6. The van der Waals surface area contributed by atoms with Gasteiger partial charge in [-0.25, -0.2) is 0 Å². The molecular weight excluding hydrogens is 194 g/mol. The molecule has 0 bridgehead atoms. The van der Waals surface area contributed by atoms with E-state index in [1.54, 1.807) is 11.3 Å². The topological polar surface area (TPSA) is 20.3 Å². The highest BCUT2D eigenvalue weighted by Gasteiger charge is 2.39. The lowest BCUT2D eigenvalue weighted by atomic mass is 10.0. The van der Waals surface area contributed by atoms with Crippen molar-refractivity contribution in [1.82, 2.24) is 4.90 Å². The summed E-state index contributed by atoms with van der Waals surface area (Å²) in [5.41, 5.74) is -0.260. The second-order valence-corrected chi connectivity index (χ2v) is 5.27. The summed E-state index contributed by atoms with van der Waals surface area (Å²) in [7, 11) is 0. The summed E-state index contributed by atoms with van der Waals surface area (Å²) in [5.74, 6) is 0.369. The number of carbonyl (C=O) groups is 1. The van der Waals surface area contributed by atoms with Crippen LogP contribution in [0.4, 0.5) is 0 Å². The first-order valence-electron chi connectivity index (χ1n) is 4.91. The lowest BCUT2D eigenvalue weighted by molar-refractivity contribution is -0.123. The fraction of sp³-hybridized carbons (Fsp3) is 0.545. The zero-order chi connectivity index (χ0) is 10.2. The molecule has 14 heavy (non-hydrogen) atoms. The average molecular weight is 209 g/mol. The van der Waals surface area contributed by atoms with Gasteiger partial charge in [0.1, 0.15) is 0 Å². The van der Waals surface area contributed by atoms with Gasteiger partial charge in [-0.05, 0) is 25.3 Å². The van der Waals surface area contributed by atoms with Gasteiger partial charge in [0.15, 0.2) is 5.78 Å². The van der Waals surface area contributed by atoms with E-state index in [1.807, 2.05) is 13.8 Å². The third-order valence-electron chi connectivity index (χ3n) is 3.01. The van der Waals surface area contributed by atoms with E-state index in [4.69, 9.17) is 0 Å². The first kappa shape index (κ1) is 9.87. The highest BCUT2D eigenvalue weighted by atomic mass is 32.1. The Morgan fingerprint density at radius 2 is 2.36 bits per heavy atom. The minimum absolute atomic E-state index is 0.260. The van der Waals surface area contributed by atoms with Crippen LogP contribution in [0.5, 0.6) is 0 Å². The van der Waals surface area contributed by atoms with E-state index in [0.29, 0.717) is 12.2 Å². The normalized spacial score (nSPS) is 21.7. The summed E-state index contributed by atoms with van der Waals surface area (Å²) < 4.78 is 0. The summed E-state index contributed by atoms with van der Waals surface area (Å²) in [5, 5.41) is 2.08. The molecule has 0 unspecified atom stereocenters. The molecule has 0 saturated carbocycles. The van der Waals surface area contributed by atoms with Gasteiger partial charge < -0.3 is 0 Å². The first-order valence-corrected chi connectivity index (χ1v) is 5.79. The van der Waals surface area contributed by atoms with E-state index >= 15 is 0 Å². The number of likely N-dealkylation sites (tertiary alicyclic amines) is 1. The minimum atomic E-state index is -0.260. The average Bonchev–Trinajstić information content (AvgIpc) is 2.70. The fourth-order valence-electron chi connectivity index (χ4n) is 1.87. The van der Waals surface area contributed by atoms with Gasteiger partial charge in [0, 0.05) is 24.4 Å². The molecule has 0 radical (unpaired) electrons. The predicted octanol–water partition coefficient (Wildman–Crippen LogP) is 2.30. The highest BCUT2D eigenvalue weighted by Crippen LogP contribution is 2.27. The molecule has 1 aromatic rings. The fourth-order valence-corrected chi connectivity index (χ4v) is 2.59. The molecule has 1 saturated heterocycles. The molecule has 76 valence electrons. The van der Waals surface area contributed by atoms with Crippen molar-refractivity contribution in [3.63, 3.8) is 0 Å². The Morgan fingerprint density at radius 3 is 2.86 bits per heavy atom. The Labute approximate surface area is 88.5 Å². The Bertz CT molecular complexity index is 329. The van der Waals surface area contributed by atoms with Gasteiger partial charge in [-0.1, -0.05) is 6.07 Å². The predicted molar refractivity (Wildman–Crippen MR) is 58.4 cm³/mol. The highest BCUT2D eigenvalue weighted by molar-refractivity contribution is 7.09. The molecule has 0 N–H and O–H groups in total. The van der Waals surface area contributed by atoms with E-state index in [-0.39, 0.29) is 5.54 Å². The molecule has 3 heteroatoms. The largest absolute Gasteiger partial charge is 0.298 e. The standard InChI is InChI=1S/C11H15NOS/c1-11(2)10(13)5-6-12(11)8-9-4-3-7-14-9/h3-4,7H,5-6,8H2,1-2H3. The minimum Gasteiger partial charge on any atom is -0.298 e. The number of hydrogen-bond donors (Lipinski definition) is 0. The van der Waals surface area contributed by atoms with Gasteiger partial charge in [0.2, 0.25) is 0 Å². The van der Waals surface area contributed by atoms with E-state index in [1.165, 1.54) is 4.88 Å². The zero-order valence-corrected chi connectivity index (χ0v) is 9.43. The smallest absolute Gasteiger partial charge is 0.153 e. The van der Waals surface area contributed by atoms with Gasteiger partial charge in [0.25, 0.3) is 0 Å². The quantitative estimate of drug-likeness (QED) is 0.745. The van der Waals surface area contributed by atoms with Gasteiger partial charge >= 0.3 is 0 Å². The van der Waals surface area contributed by atoms with Crippen LogP contribution in [0.15, 0.2) is 17.5 Å². The Balaban J connectivity index is 2.10. The van der Waals surface area contributed by atoms with E-state index < -0.39 is 0 Å². The molecular formula is C11H15NOS. The second kappa shape index (κ2) is 3.48. The number of thiophene rings is 1. The summed E-state index contributed by atoms with van der Waals surface area (Å²) >= 11 is 1.76. The lowest BCUT2D eigenvalue weighted by Crippen LogP contribution is -2.42. The maximum atomic E-state index is 11.6. The Kier molecular flexibility index (Phi) is 2.45. The van der Waals surface area contributed by atoms with E-state index in [9.17, 15) is 4.79 Å². The Hall–Kier alpha value is -0.670. The van der Waals surface area contributed by atoms with Crippen molar-refractivity contribution in [3.05, 3.63) is 22.4 Å². The third kappa shape index (κ3) is 1.62. The molecule has 0 amide bonds. The molecule has 1 aromatic heterocycles. The number of ketones is 1. The van der Waals surface area contributed by atoms with Gasteiger partial charge in [-0.2, -0.15) is 0 Å². The summed E-state index contributed by atoms with van der Waals surface area (Å²) in [4.78, 5) is 15.2. The molecule has 2 heterocycles. The molecule has 1 fully saturated rings. The van der Waals surface area contributed by atoms with Crippen molar-refractivity contribution in [1.29, 1.82) is 0 Å². The van der Waals surface area contributed by atoms with Crippen LogP contribution in [-0.4, -0.2) is 22.8 Å². The van der Waals surface area contributed by atoms with Crippen LogP contribution in [0.3, 0.4) is 0 Å². The molecule has 0 aliphatic carbocycles. The molecule has 0 aromatic carbocycles. The van der Waals surface area contributed by atoms with Gasteiger partial charge in [-0.15, -0.1) is 11.3 Å². The lowest BCUT2D eigenvalue weighted by Gasteiger charge is -2.29. The summed E-state index contributed by atoms with van der Waals surface area (Å²) in [6.45, 7) is 5.87. The molecule has 2 nitrogen and oxygen atoms in total. The first-order chi connectivity index (χ1) is 6.60. The summed E-state index contributed by atoms with van der Waals surface area (Å²) in [6.07, 6.45) is 0.707. The number of nitrogens with zero attached hydrogens (tertiary/aromatic N) is 1. The van der Waals surface area contributed by atoms with Crippen LogP contribution in [0.25, 0.3) is 0 Å². The van der Waals surface area contributed by atoms with Crippen LogP contribution in [0.2, 0.25) is 0 Å². The van der Waals surface area contributed by atoms with Gasteiger partial charge in [-0.3, -0.25) is 9.69 Å². The molecule has 1 aliphatic rings. The van der Waals surface area contributed by atoms with Crippen molar-refractivity contribution in [3.8, 4) is 0 Å². The Morgan fingerprint density at radius 1 is 1.57 bits per heavy atom. The number of rotatable bonds is 2. The van der Waals surface area contributed by atoms with Crippen molar-refractivity contribution in [2.75, 3.05) is 6.54 Å². The van der Waals surface area contributed by atoms with Crippen LogP contribution in [0, 0.1) is 0 Å². The molecule has 0 atom stereocenters. The van der Waals surface area contributed by atoms with Crippen LogP contribution >= 0.6 is 11.3 Å². The van der Waals surface area contributed by atoms with E-state index in [2.05, 4.69) is 22.4 Å². The number of Topliss-reactive ketones (excluding diaryl/α,β-unsaturated/α-hetero) is 1. The monoisotopic (exact) mass is 209 g/mol. The molecule has 2 rings (SSSR count). The van der Waals surface area contributed by atoms with Crippen molar-refractivity contribution in [2.24, 2.45) is 0 Å². The van der Waals surface area contributed by atoms with Crippen molar-refractivity contribution < 1.29 is 4.79 Å². The molecule has 1 aliphatic heterocycles. The summed E-state index contributed by atoms with van der Waals surface area (Å²) in [6, 6.07) is 4.19. The van der Waals surface area contributed by atoms with Crippen LogP contribution in [-0.2, 0) is 11.3 Å². The van der Waals surface area contributed by atoms with E-state index in [0.717, 1.165) is 13.1 Å². The number of carbonyl (C=O) groups excluding carboxylic acids is 1. The third-order valence-corrected chi connectivity index (χ3v) is 3.87. The van der Waals surface area contributed by atoms with Crippen LogP contribution in [0.1, 0.15) is 25.1 Å². The van der Waals surface area contributed by atoms with Crippen LogP contribution < -0.4 is 0 Å². The van der Waals surface area contributed by atoms with Gasteiger partial charge in [0.05, 0.1) is 5.54 Å². The number of hydrogen-bond acceptors (Lipinski definition) is 3. The SMILES string of the molecule is CC1(C)C(=O)CCN1Cc1cccs1. The zero-order valence-electron chi connectivity index (χ0n) is 8.62. The maximum Gasteiger partial charge on any atom is 0.153 e. The van der Waals surface area contributed by atoms with Crippen molar-refractivity contribution >= 4 is 17.1 Å². The second-order valence-electron chi connectivity index (χ2n) is 4.23. The molecule has 0 spiro atoms.